The van der Waals surface area contributed by atoms with Crippen LogP contribution in [0.3, 0.4) is 0 Å². The van der Waals surface area contributed by atoms with Crippen LogP contribution in [0, 0.1) is 0 Å². The summed E-state index contributed by atoms with van der Waals surface area (Å²) in [6, 6.07) is 118. The number of benzene rings is 15. The molecule has 3 aliphatic rings. The van der Waals surface area contributed by atoms with Gasteiger partial charge in [0.05, 0.1) is 33.4 Å². The highest BCUT2D eigenvalue weighted by Gasteiger charge is 2.48. The van der Waals surface area contributed by atoms with Crippen LogP contribution in [0.25, 0.3) is 99.5 Å². The molecule has 0 radical (unpaired) electrons. The van der Waals surface area contributed by atoms with Crippen LogP contribution in [0.15, 0.2) is 291 Å². The van der Waals surface area contributed by atoms with Crippen LogP contribution >= 0.6 is 0 Å². The van der Waals surface area contributed by atoms with Crippen LogP contribution in [0.4, 0.5) is 34.1 Å². The van der Waals surface area contributed by atoms with Crippen molar-refractivity contribution in [1.82, 2.24) is 9.13 Å². The van der Waals surface area contributed by atoms with Gasteiger partial charge in [-0.1, -0.05) is 390 Å². The summed E-state index contributed by atoms with van der Waals surface area (Å²) in [7, 11) is 0. The van der Waals surface area contributed by atoms with Crippen LogP contribution in [0.5, 0.6) is 0 Å². The van der Waals surface area contributed by atoms with E-state index in [2.05, 4.69) is 518 Å². The molecule has 0 N–H and O–H groups in total. The number of nitrogens with zero attached hydrogens (tertiary/aromatic N) is 4. The quantitative estimate of drug-likeness (QED) is 0.134. The Hall–Kier alpha value is -12.4. The van der Waals surface area contributed by atoms with Gasteiger partial charge in [0.15, 0.2) is 0 Å². The van der Waals surface area contributed by atoms with Gasteiger partial charge in [-0.2, -0.15) is 0 Å². The molecule has 4 heterocycles. The van der Waals surface area contributed by atoms with Gasteiger partial charge in [-0.05, 0) is 292 Å². The second-order valence-corrected chi connectivity index (χ2v) is 50.8. The van der Waals surface area contributed by atoms with E-state index in [-0.39, 0.29) is 66.8 Å². The third-order valence-corrected chi connectivity index (χ3v) is 30.7. The maximum Gasteiger partial charge on any atom is 0.252 e. The summed E-state index contributed by atoms with van der Waals surface area (Å²) in [5, 5.41) is 5.04. The first-order valence-corrected chi connectivity index (χ1v) is 50.5. The van der Waals surface area contributed by atoms with Gasteiger partial charge in [0.25, 0.3) is 6.71 Å². The highest BCUT2D eigenvalue weighted by Crippen LogP contribution is 2.58. The lowest BCUT2D eigenvalue weighted by atomic mass is 9.33. The predicted molar refractivity (Wildman–Crippen MR) is 595 cm³/mol. The highest BCUT2D eigenvalue weighted by molar-refractivity contribution is 7.00. The van der Waals surface area contributed by atoms with E-state index < -0.39 is 0 Å². The van der Waals surface area contributed by atoms with Gasteiger partial charge in [-0.3, -0.25) is 0 Å². The zero-order chi connectivity index (χ0) is 97.4. The summed E-state index contributed by atoms with van der Waals surface area (Å²) in [6.45, 7) is 70.6. The van der Waals surface area contributed by atoms with Crippen molar-refractivity contribution in [2.75, 3.05) is 9.80 Å². The normalized spacial score (nSPS) is 14.1. The monoisotopic (exact) mass is 1790 g/mol. The minimum absolute atomic E-state index is 0.0989. The summed E-state index contributed by atoms with van der Waals surface area (Å²) in [4.78, 5) is 5.70. The molecule has 0 amide bonds. The molecule has 0 atom stereocenters. The Morgan fingerprint density at radius 3 is 0.730 bits per heavy atom. The van der Waals surface area contributed by atoms with Crippen molar-refractivity contribution in [3.8, 4) is 55.9 Å². The number of aromatic nitrogens is 2. The van der Waals surface area contributed by atoms with Gasteiger partial charge in [0.1, 0.15) is 0 Å². The van der Waals surface area contributed by atoms with Crippen LogP contribution in [-0.2, 0) is 60.6 Å². The van der Waals surface area contributed by atoms with Gasteiger partial charge < -0.3 is 18.9 Å². The van der Waals surface area contributed by atoms with Crippen molar-refractivity contribution in [1.29, 1.82) is 0 Å². The summed E-state index contributed by atoms with van der Waals surface area (Å²) < 4.78 is 5.23. The minimum atomic E-state index is -0.347. The Morgan fingerprint density at radius 1 is 0.226 bits per heavy atom. The van der Waals surface area contributed by atoms with Gasteiger partial charge in [0, 0.05) is 83.8 Å². The minimum Gasteiger partial charge on any atom is -0.310 e. The number of hydrogen-bond donors (Lipinski definition) is 0. The van der Waals surface area contributed by atoms with E-state index in [1.165, 1.54) is 166 Å². The number of rotatable bonds is 9. The van der Waals surface area contributed by atoms with Crippen LogP contribution < -0.4 is 26.2 Å². The Labute approximate surface area is 818 Å². The van der Waals surface area contributed by atoms with Crippen molar-refractivity contribution < 1.29 is 0 Å². The molecule has 0 bridgehead atoms. The predicted octanol–water partition coefficient (Wildman–Crippen LogP) is 34.7. The lowest BCUT2D eigenvalue weighted by Gasteiger charge is -2.47. The van der Waals surface area contributed by atoms with Crippen molar-refractivity contribution in [3.05, 3.63) is 375 Å². The first-order valence-electron chi connectivity index (χ1n) is 50.5. The first-order chi connectivity index (χ1) is 64.2. The van der Waals surface area contributed by atoms with Crippen molar-refractivity contribution in [2.24, 2.45) is 0 Å². The lowest BCUT2D eigenvalue weighted by Crippen LogP contribution is -2.61. The number of hydrogen-bond acceptors (Lipinski definition) is 2. The topological polar surface area (TPSA) is 16.3 Å². The Morgan fingerprint density at radius 2 is 0.474 bits per heavy atom. The fourth-order valence-electron chi connectivity index (χ4n) is 22.2. The molecule has 5 heteroatoms. The van der Waals surface area contributed by atoms with E-state index in [9.17, 15) is 0 Å². The maximum atomic E-state index is 2.85. The van der Waals surface area contributed by atoms with Crippen LogP contribution in [0.2, 0.25) is 0 Å². The molecule has 0 unspecified atom stereocenters. The zero-order valence-corrected chi connectivity index (χ0v) is 87.4. The molecule has 0 saturated carbocycles. The molecule has 20 rings (SSSR count). The fraction of sp³-hybridized carbons (Fsp3) is 0.318. The second-order valence-electron chi connectivity index (χ2n) is 50.8. The molecule has 137 heavy (non-hydrogen) atoms. The third-order valence-electron chi connectivity index (χ3n) is 30.7. The van der Waals surface area contributed by atoms with E-state index in [1.807, 2.05) is 0 Å². The van der Waals surface area contributed by atoms with Gasteiger partial charge >= 0.3 is 0 Å². The largest absolute Gasteiger partial charge is 0.310 e. The molecule has 0 fully saturated rings. The molecule has 2 aromatic heterocycles. The molecule has 1 aliphatic carbocycles. The molecule has 0 spiro atoms. The van der Waals surface area contributed by atoms with E-state index in [0.717, 1.165) is 74.2 Å². The lowest BCUT2D eigenvalue weighted by molar-refractivity contribution is 0.589. The van der Waals surface area contributed by atoms with Gasteiger partial charge in [-0.25, -0.2) is 0 Å². The molecule has 15 aromatic carbocycles. The third kappa shape index (κ3) is 16.2. The standard InChI is InChI=1S/C132H141BN4/c1-123(2,3)87-47-39-80(40-48-87)101-74-95(131(25,26)27)75-102(81-41-49-88(50-42-81)124(4,5)6)121(101)136-115-78-97(134-111-63-55-91(127(13,14)15)70-105(111)106-71-92(128(16,17)18)56-64-112(106)134)59-61-109(115)133-110-62-60-98(135-113-65-57-93(129(19,20)21)72-107(113)108-73-94(130(22,23)24)58-66-114(108)135)79-116(110)137(118-69-86(68-117(136)120(118)133)119-99-37-33-31-35-84(99)67-85-36-32-34-38-100(85)119)122-103(82-43-51-89(52-44-82)125(7,8)9)76-96(132(28,29)30)77-104(122)83-45-53-90(54-46-83)126(10,11)12/h31-66,68-79,119H,67H2,1-30H3. The van der Waals surface area contributed by atoms with E-state index in [0.29, 0.717) is 0 Å². The average molecular weight is 1790 g/mol. The first kappa shape index (κ1) is 92.3. The Kier molecular flexibility index (Phi) is 21.6. The Balaban J connectivity index is 1.02. The summed E-state index contributed by atoms with van der Waals surface area (Å²) in [6.07, 6.45) is 0.840. The molecule has 17 aromatic rings. The van der Waals surface area contributed by atoms with Gasteiger partial charge in [-0.15, -0.1) is 0 Å². The molecule has 4 nitrogen and oxygen atoms in total. The van der Waals surface area contributed by atoms with E-state index in [1.54, 1.807) is 0 Å². The van der Waals surface area contributed by atoms with Crippen LogP contribution in [-0.4, -0.2) is 15.8 Å². The van der Waals surface area contributed by atoms with Crippen molar-refractivity contribution >= 4 is 101 Å². The molecule has 692 valence electrons. The molecule has 2 aliphatic heterocycles. The highest BCUT2D eigenvalue weighted by atomic mass is 15.2. The molecular formula is C132H141BN4. The van der Waals surface area contributed by atoms with Crippen LogP contribution in [0.1, 0.15) is 297 Å². The zero-order valence-electron chi connectivity index (χ0n) is 87.4. The van der Waals surface area contributed by atoms with E-state index >= 15 is 0 Å². The molecule has 0 saturated heterocycles. The van der Waals surface area contributed by atoms with Gasteiger partial charge in [0.2, 0.25) is 0 Å². The smallest absolute Gasteiger partial charge is 0.252 e. The van der Waals surface area contributed by atoms with Crippen molar-refractivity contribution in [2.45, 2.75) is 274 Å². The SMILES string of the molecule is CC(C)(C)c1ccc(-c2cc(C(C)(C)C)cc(-c3ccc(C(C)(C)C)cc3)c2N2c3cc(-n4c5ccc(C(C)(C)C)cc5c5cc(C(C)(C)C)ccc54)ccc3B3c4ccc(-n5c6ccc(C(C)(C)C)cc6c6cc(C(C)(C)C)ccc65)cc4N(c4c(-c5ccc(C(C)(C)C)cc5)cc(C(C)(C)C)cc4-c4ccc(C(C)(C)C)cc4)c4cc(C5c6ccccc6Cc6ccccc65)cc2c43)cc1. The maximum absolute atomic E-state index is 2.85. The Bertz CT molecular complexity index is 6960. The summed E-state index contributed by atoms with van der Waals surface area (Å²) in [5.74, 6) is -0.198. The number of fused-ring (bicyclic) bond motifs is 12. The second kappa shape index (κ2) is 32.1. The van der Waals surface area contributed by atoms with E-state index in [4.69, 9.17) is 0 Å². The molecular weight excluding hydrogens is 1650 g/mol. The summed E-state index contributed by atoms with van der Waals surface area (Å²) in [5.41, 5.74) is 45.0. The fourth-order valence-corrected chi connectivity index (χ4v) is 22.2. The average Bonchev–Trinajstić information content (AvgIpc) is 1.13. The number of anilines is 6. The van der Waals surface area contributed by atoms with Crippen molar-refractivity contribution in [3.63, 3.8) is 0 Å². The summed E-state index contributed by atoms with van der Waals surface area (Å²) >= 11 is 0.